The lowest BCUT2D eigenvalue weighted by molar-refractivity contribution is -0.137. The summed E-state index contributed by atoms with van der Waals surface area (Å²) in [6.07, 6.45) is -5.04. The van der Waals surface area contributed by atoms with Crippen LogP contribution in [0.2, 0.25) is 0 Å². The van der Waals surface area contributed by atoms with Gasteiger partial charge in [0.05, 0.1) is 5.56 Å². The van der Waals surface area contributed by atoms with E-state index in [9.17, 15) is 36.8 Å². The first-order valence-corrected chi connectivity index (χ1v) is 7.72. The quantitative estimate of drug-likeness (QED) is 0.330. The number of hydrogen-bond donors (Lipinski definition) is 4. The number of hydrogen-bond acceptors (Lipinski definition) is 5. The van der Waals surface area contributed by atoms with Gasteiger partial charge in [-0.1, -0.05) is 24.3 Å². The van der Waals surface area contributed by atoms with E-state index >= 15 is 0 Å². The number of rotatable bonds is 5. The Bertz CT molecular complexity index is 899. The topological polar surface area (TPSA) is 98.0 Å². The van der Waals surface area contributed by atoms with Crippen LogP contribution in [-0.2, 0) is 12.1 Å². The van der Waals surface area contributed by atoms with Crippen LogP contribution in [0.5, 0.6) is 0 Å². The van der Waals surface area contributed by atoms with Crippen molar-refractivity contribution in [3.8, 4) is 0 Å². The lowest BCUT2D eigenvalue weighted by Gasteiger charge is -2.21. The molecule has 0 saturated carbocycles. The van der Waals surface area contributed by atoms with Crippen molar-refractivity contribution < 1.29 is 46.8 Å². The number of carbonyl (C=O) groups excluding carboxylic acids is 1. The van der Waals surface area contributed by atoms with Crippen molar-refractivity contribution in [3.63, 3.8) is 0 Å². The van der Waals surface area contributed by atoms with Crippen LogP contribution in [0.4, 0.5) is 22.0 Å². The Hall–Kier alpha value is -2.27. The van der Waals surface area contributed by atoms with Crippen LogP contribution in [0.3, 0.4) is 0 Å². The molecule has 0 aromatic heterocycles. The molecule has 0 amide bonds. The summed E-state index contributed by atoms with van der Waals surface area (Å²) in [7, 11) is -4.64. The van der Waals surface area contributed by atoms with Crippen LogP contribution >= 0.6 is 0 Å². The first-order chi connectivity index (χ1) is 12.7. The summed E-state index contributed by atoms with van der Waals surface area (Å²) < 4.78 is 69.0. The van der Waals surface area contributed by atoms with E-state index in [1.54, 1.807) is 0 Å². The summed E-state index contributed by atoms with van der Waals surface area (Å²) in [6, 6.07) is 3.24. The fraction of sp³-hybridized carbons (Fsp3) is 0.188. The molecule has 0 heterocycles. The Balaban J connectivity index is 2.73. The molecule has 0 saturated heterocycles. The molecule has 0 unspecified atom stereocenters. The van der Waals surface area contributed by atoms with Gasteiger partial charge in [-0.15, -0.1) is 0 Å². The standard InChI is InChI=1S/C16H13B2F5O5/c1-8(24)9-2-10(5-13(3-9)17(25)26)15(19,20)11-4-12(16(21,22)23)7-14(6-11)18(27)28/h2-7,25-28H,1H3. The fourth-order valence-electron chi connectivity index (χ4n) is 2.50. The summed E-state index contributed by atoms with van der Waals surface area (Å²) >= 11 is 0. The summed E-state index contributed by atoms with van der Waals surface area (Å²) in [5.74, 6) is -4.81. The van der Waals surface area contributed by atoms with E-state index in [0.29, 0.717) is 24.3 Å². The molecule has 148 valence electrons. The number of ketones is 1. The lowest BCUT2D eigenvalue weighted by atomic mass is 9.76. The predicted molar refractivity (Wildman–Crippen MR) is 90.5 cm³/mol. The molecule has 0 spiro atoms. The van der Waals surface area contributed by atoms with Crippen LogP contribution in [0, 0.1) is 0 Å². The van der Waals surface area contributed by atoms with Gasteiger partial charge in [-0.05, 0) is 30.0 Å². The van der Waals surface area contributed by atoms with Gasteiger partial charge in [-0.25, -0.2) is 0 Å². The molecule has 0 aliphatic rings. The second-order valence-corrected chi connectivity index (χ2v) is 6.06. The van der Waals surface area contributed by atoms with Gasteiger partial charge in [0.15, 0.2) is 5.78 Å². The molecular formula is C16H13B2F5O5. The highest BCUT2D eigenvalue weighted by molar-refractivity contribution is 6.59. The van der Waals surface area contributed by atoms with E-state index < -0.39 is 59.7 Å². The van der Waals surface area contributed by atoms with E-state index in [2.05, 4.69) is 0 Å². The molecular weight excluding hydrogens is 389 g/mol. The molecule has 0 aliphatic heterocycles. The molecule has 0 bridgehead atoms. The van der Waals surface area contributed by atoms with Gasteiger partial charge in [0, 0.05) is 16.7 Å². The molecule has 0 atom stereocenters. The molecule has 2 aromatic carbocycles. The number of alkyl halides is 5. The van der Waals surface area contributed by atoms with E-state index in [1.165, 1.54) is 0 Å². The molecule has 2 rings (SSSR count). The molecule has 4 N–H and O–H groups in total. The Morgan fingerprint density at radius 3 is 1.61 bits per heavy atom. The summed E-state index contributed by atoms with van der Waals surface area (Å²) in [5.41, 5.74) is -5.30. The second-order valence-electron chi connectivity index (χ2n) is 6.06. The second kappa shape index (κ2) is 7.63. The maximum absolute atomic E-state index is 15.0. The summed E-state index contributed by atoms with van der Waals surface area (Å²) in [4.78, 5) is 11.5. The van der Waals surface area contributed by atoms with Gasteiger partial charge in [-0.3, -0.25) is 4.79 Å². The Morgan fingerprint density at radius 2 is 1.18 bits per heavy atom. The highest BCUT2D eigenvalue weighted by atomic mass is 19.4. The highest BCUT2D eigenvalue weighted by Crippen LogP contribution is 2.38. The maximum Gasteiger partial charge on any atom is 0.488 e. The van der Waals surface area contributed by atoms with E-state index in [-0.39, 0.29) is 11.6 Å². The average molecular weight is 402 g/mol. The molecule has 2 aromatic rings. The zero-order valence-corrected chi connectivity index (χ0v) is 14.2. The third-order valence-electron chi connectivity index (χ3n) is 3.97. The van der Waals surface area contributed by atoms with Crippen molar-refractivity contribution in [2.24, 2.45) is 0 Å². The number of benzene rings is 2. The van der Waals surface area contributed by atoms with Gasteiger partial charge in [-0.2, -0.15) is 22.0 Å². The average Bonchev–Trinajstić information content (AvgIpc) is 2.59. The number of halogens is 5. The zero-order chi connectivity index (χ0) is 21.4. The third-order valence-corrected chi connectivity index (χ3v) is 3.97. The maximum atomic E-state index is 15.0. The lowest BCUT2D eigenvalue weighted by Crippen LogP contribution is -2.34. The minimum atomic E-state index is -5.04. The highest BCUT2D eigenvalue weighted by Gasteiger charge is 2.40. The van der Waals surface area contributed by atoms with Crippen molar-refractivity contribution in [2.45, 2.75) is 19.0 Å². The third kappa shape index (κ3) is 4.58. The minimum absolute atomic E-state index is 0.140. The fourth-order valence-corrected chi connectivity index (χ4v) is 2.50. The molecule has 12 heteroatoms. The zero-order valence-electron chi connectivity index (χ0n) is 14.2. The van der Waals surface area contributed by atoms with Crippen molar-refractivity contribution in [1.29, 1.82) is 0 Å². The molecule has 0 radical (unpaired) electrons. The Labute approximate surface area is 156 Å². The van der Waals surface area contributed by atoms with E-state index in [1.807, 2.05) is 0 Å². The largest absolute Gasteiger partial charge is 0.488 e. The first kappa shape index (κ1) is 22.0. The minimum Gasteiger partial charge on any atom is -0.423 e. The number of Topliss-reactive ketones (excluding diaryl/α,β-unsaturated/α-hetero) is 1. The SMILES string of the molecule is CC(=O)c1cc(B(O)O)cc(C(F)(F)c2cc(B(O)O)cc(C(F)(F)F)c2)c1. The van der Waals surface area contributed by atoms with Crippen molar-refractivity contribution in [1.82, 2.24) is 0 Å². The monoisotopic (exact) mass is 402 g/mol. The van der Waals surface area contributed by atoms with Crippen molar-refractivity contribution in [3.05, 3.63) is 58.7 Å². The van der Waals surface area contributed by atoms with E-state index in [0.717, 1.165) is 13.0 Å². The van der Waals surface area contributed by atoms with Gasteiger partial charge in [0.1, 0.15) is 0 Å². The van der Waals surface area contributed by atoms with Gasteiger partial charge >= 0.3 is 20.4 Å². The molecule has 5 nitrogen and oxygen atoms in total. The van der Waals surface area contributed by atoms with Gasteiger partial charge in [0.2, 0.25) is 0 Å². The first-order valence-electron chi connectivity index (χ1n) is 7.72. The van der Waals surface area contributed by atoms with Gasteiger partial charge in [0.25, 0.3) is 5.92 Å². The van der Waals surface area contributed by atoms with Crippen LogP contribution in [-0.4, -0.2) is 40.1 Å². The smallest absolute Gasteiger partial charge is 0.423 e. The molecule has 0 fully saturated rings. The predicted octanol–water partition coefficient (Wildman–Crippen LogP) is 0.408. The van der Waals surface area contributed by atoms with Gasteiger partial charge < -0.3 is 20.1 Å². The van der Waals surface area contributed by atoms with Crippen LogP contribution in [0.25, 0.3) is 0 Å². The Kier molecular flexibility index (Phi) is 6.00. The van der Waals surface area contributed by atoms with E-state index in [4.69, 9.17) is 10.0 Å². The van der Waals surface area contributed by atoms with Crippen LogP contribution in [0.1, 0.15) is 34.0 Å². The molecule has 28 heavy (non-hydrogen) atoms. The van der Waals surface area contributed by atoms with Crippen LogP contribution < -0.4 is 10.9 Å². The summed E-state index contributed by atoms with van der Waals surface area (Å²) in [6.45, 7) is 1.04. The number of carbonyl (C=O) groups is 1. The van der Waals surface area contributed by atoms with Crippen molar-refractivity contribution >= 4 is 30.9 Å². The van der Waals surface area contributed by atoms with Crippen molar-refractivity contribution in [2.75, 3.05) is 0 Å². The summed E-state index contributed by atoms with van der Waals surface area (Å²) in [5, 5.41) is 36.8. The normalized spacial score (nSPS) is 12.1. The Morgan fingerprint density at radius 1 is 0.750 bits per heavy atom. The molecule has 0 aliphatic carbocycles. The van der Waals surface area contributed by atoms with Crippen LogP contribution in [0.15, 0.2) is 36.4 Å².